The fourth-order valence-electron chi connectivity index (χ4n) is 2.32. The lowest BCUT2D eigenvalue weighted by molar-refractivity contribution is -0.128. The normalized spacial score (nSPS) is 26.6. The number of hydrogen-bond donors (Lipinski definition) is 2. The van der Waals surface area contributed by atoms with Gasteiger partial charge in [-0.2, -0.15) is 0 Å². The molecule has 0 aromatic rings. The molecule has 1 amide bonds. The smallest absolute Gasteiger partial charge is 0.223 e. The summed E-state index contributed by atoms with van der Waals surface area (Å²) >= 11 is 0. The Morgan fingerprint density at radius 2 is 2.00 bits per heavy atom. The average Bonchev–Trinajstić information content (AvgIpc) is 2.17. The first-order valence-corrected chi connectivity index (χ1v) is 5.72. The molecule has 0 atom stereocenters. The molecule has 14 heavy (non-hydrogen) atoms. The Labute approximate surface area is 85.6 Å². The van der Waals surface area contributed by atoms with Gasteiger partial charge in [-0.1, -0.05) is 0 Å². The van der Waals surface area contributed by atoms with Crippen molar-refractivity contribution in [2.24, 2.45) is 5.92 Å². The van der Waals surface area contributed by atoms with Crippen molar-refractivity contribution in [1.82, 2.24) is 10.6 Å². The number of carbonyl (C=O) groups excluding carboxylic acids is 1. The molecule has 0 bridgehead atoms. The van der Waals surface area contributed by atoms with Crippen molar-refractivity contribution >= 4 is 5.91 Å². The van der Waals surface area contributed by atoms with Crippen LogP contribution in [0.15, 0.2) is 0 Å². The van der Waals surface area contributed by atoms with Crippen LogP contribution >= 0.6 is 0 Å². The lowest BCUT2D eigenvalue weighted by Gasteiger charge is -2.40. The van der Waals surface area contributed by atoms with E-state index in [2.05, 4.69) is 17.6 Å². The van der Waals surface area contributed by atoms with E-state index in [1.54, 1.807) is 0 Å². The minimum atomic E-state index is 0.127. The molecule has 0 unspecified atom stereocenters. The minimum absolute atomic E-state index is 0.127. The van der Waals surface area contributed by atoms with Crippen LogP contribution in [0.5, 0.6) is 0 Å². The summed E-state index contributed by atoms with van der Waals surface area (Å²) < 4.78 is 0. The van der Waals surface area contributed by atoms with Crippen LogP contribution in [-0.2, 0) is 4.79 Å². The van der Waals surface area contributed by atoms with E-state index in [0.717, 1.165) is 38.8 Å². The summed E-state index contributed by atoms with van der Waals surface area (Å²) in [6, 6.07) is 0. The molecule has 0 radical (unpaired) electrons. The molecule has 0 aromatic heterocycles. The van der Waals surface area contributed by atoms with Crippen molar-refractivity contribution in [3.8, 4) is 0 Å². The van der Waals surface area contributed by atoms with Gasteiger partial charge in [0, 0.05) is 11.5 Å². The molecule has 2 fully saturated rings. The van der Waals surface area contributed by atoms with Crippen LogP contribution in [0.3, 0.4) is 0 Å². The van der Waals surface area contributed by atoms with Gasteiger partial charge in [-0.3, -0.25) is 4.79 Å². The molecule has 2 N–H and O–H groups in total. The van der Waals surface area contributed by atoms with E-state index in [9.17, 15) is 4.79 Å². The first kappa shape index (κ1) is 9.97. The van der Waals surface area contributed by atoms with E-state index in [0.29, 0.717) is 0 Å². The lowest BCUT2D eigenvalue weighted by Crippen LogP contribution is -2.53. The zero-order chi connectivity index (χ0) is 10.0. The number of rotatable bonds is 2. The molecule has 1 heterocycles. The SMILES string of the molecule is CC1(NC(=O)C2CCNCC2)CCC1. The van der Waals surface area contributed by atoms with Crippen molar-refractivity contribution in [1.29, 1.82) is 0 Å². The molecule has 1 saturated carbocycles. The first-order valence-electron chi connectivity index (χ1n) is 5.72. The Morgan fingerprint density at radius 3 is 2.50 bits per heavy atom. The van der Waals surface area contributed by atoms with Gasteiger partial charge in [0.25, 0.3) is 0 Å². The number of carbonyl (C=O) groups is 1. The van der Waals surface area contributed by atoms with Gasteiger partial charge in [0.15, 0.2) is 0 Å². The maximum absolute atomic E-state index is 11.9. The summed E-state index contributed by atoms with van der Waals surface area (Å²) in [5, 5.41) is 6.48. The highest BCUT2D eigenvalue weighted by molar-refractivity contribution is 5.79. The summed E-state index contributed by atoms with van der Waals surface area (Å²) in [5.41, 5.74) is 0.127. The van der Waals surface area contributed by atoms with Crippen LogP contribution in [0.4, 0.5) is 0 Å². The van der Waals surface area contributed by atoms with Crippen LogP contribution in [0, 0.1) is 5.92 Å². The maximum Gasteiger partial charge on any atom is 0.223 e. The van der Waals surface area contributed by atoms with Crippen LogP contribution < -0.4 is 10.6 Å². The highest BCUT2D eigenvalue weighted by atomic mass is 16.2. The Bertz CT molecular complexity index is 217. The molecule has 1 saturated heterocycles. The second kappa shape index (κ2) is 3.89. The van der Waals surface area contributed by atoms with Crippen molar-refractivity contribution in [2.75, 3.05) is 13.1 Å². The second-order valence-corrected chi connectivity index (χ2v) is 4.93. The topological polar surface area (TPSA) is 41.1 Å². The van der Waals surface area contributed by atoms with E-state index >= 15 is 0 Å². The van der Waals surface area contributed by atoms with E-state index in [1.165, 1.54) is 6.42 Å². The number of hydrogen-bond acceptors (Lipinski definition) is 2. The summed E-state index contributed by atoms with van der Waals surface area (Å²) in [6.07, 6.45) is 5.58. The summed E-state index contributed by atoms with van der Waals surface area (Å²) in [5.74, 6) is 0.544. The molecule has 80 valence electrons. The second-order valence-electron chi connectivity index (χ2n) is 4.93. The molecule has 0 aromatic carbocycles. The minimum Gasteiger partial charge on any atom is -0.351 e. The molecule has 3 heteroatoms. The van der Waals surface area contributed by atoms with Crippen molar-refractivity contribution in [3.63, 3.8) is 0 Å². The molecule has 1 aliphatic carbocycles. The largest absolute Gasteiger partial charge is 0.351 e. The third-order valence-electron chi connectivity index (χ3n) is 3.59. The zero-order valence-corrected chi connectivity index (χ0v) is 8.94. The van der Waals surface area contributed by atoms with E-state index < -0.39 is 0 Å². The van der Waals surface area contributed by atoms with Gasteiger partial charge < -0.3 is 10.6 Å². The van der Waals surface area contributed by atoms with E-state index in [-0.39, 0.29) is 17.4 Å². The maximum atomic E-state index is 11.9. The number of amides is 1. The number of nitrogens with one attached hydrogen (secondary N) is 2. The molecular weight excluding hydrogens is 176 g/mol. The third-order valence-corrected chi connectivity index (χ3v) is 3.59. The van der Waals surface area contributed by atoms with Crippen LogP contribution in [0.2, 0.25) is 0 Å². The van der Waals surface area contributed by atoms with Gasteiger partial charge in [-0.15, -0.1) is 0 Å². The van der Waals surface area contributed by atoms with Gasteiger partial charge >= 0.3 is 0 Å². The van der Waals surface area contributed by atoms with Gasteiger partial charge in [0.05, 0.1) is 0 Å². The highest BCUT2D eigenvalue weighted by Gasteiger charge is 2.35. The molecular formula is C11H20N2O. The quantitative estimate of drug-likeness (QED) is 0.693. The van der Waals surface area contributed by atoms with Crippen molar-refractivity contribution in [2.45, 2.75) is 44.6 Å². The van der Waals surface area contributed by atoms with Crippen LogP contribution in [0.1, 0.15) is 39.0 Å². The molecule has 2 aliphatic rings. The Morgan fingerprint density at radius 1 is 1.36 bits per heavy atom. The Hall–Kier alpha value is -0.570. The Balaban J connectivity index is 1.81. The molecule has 2 rings (SSSR count). The Kier molecular flexibility index (Phi) is 2.77. The van der Waals surface area contributed by atoms with Crippen molar-refractivity contribution < 1.29 is 4.79 Å². The summed E-state index contributed by atoms with van der Waals surface area (Å²) in [7, 11) is 0. The summed E-state index contributed by atoms with van der Waals surface area (Å²) in [4.78, 5) is 11.9. The monoisotopic (exact) mass is 196 g/mol. The molecule has 3 nitrogen and oxygen atoms in total. The van der Waals surface area contributed by atoms with Gasteiger partial charge in [-0.05, 0) is 52.1 Å². The highest BCUT2D eigenvalue weighted by Crippen LogP contribution is 2.31. The predicted molar refractivity (Wildman–Crippen MR) is 56.0 cm³/mol. The standard InChI is InChI=1S/C11H20N2O/c1-11(5-2-6-11)13-10(14)9-3-7-12-8-4-9/h9,12H,2-8H2,1H3,(H,13,14). The predicted octanol–water partition coefficient (Wildman–Crippen LogP) is 1.04. The zero-order valence-electron chi connectivity index (χ0n) is 8.94. The molecule has 0 spiro atoms. The first-order chi connectivity index (χ1) is 6.70. The van der Waals surface area contributed by atoms with E-state index in [1.807, 2.05) is 0 Å². The van der Waals surface area contributed by atoms with Crippen LogP contribution in [-0.4, -0.2) is 24.5 Å². The number of piperidine rings is 1. The van der Waals surface area contributed by atoms with E-state index in [4.69, 9.17) is 0 Å². The van der Waals surface area contributed by atoms with Crippen LogP contribution in [0.25, 0.3) is 0 Å². The fraction of sp³-hybridized carbons (Fsp3) is 0.909. The fourth-order valence-corrected chi connectivity index (χ4v) is 2.32. The van der Waals surface area contributed by atoms with Crippen molar-refractivity contribution in [3.05, 3.63) is 0 Å². The van der Waals surface area contributed by atoms with Gasteiger partial charge in [0.1, 0.15) is 0 Å². The third kappa shape index (κ3) is 2.08. The average molecular weight is 196 g/mol. The lowest BCUT2D eigenvalue weighted by atomic mass is 9.78. The van der Waals surface area contributed by atoms with Gasteiger partial charge in [0.2, 0.25) is 5.91 Å². The molecule has 1 aliphatic heterocycles. The van der Waals surface area contributed by atoms with Gasteiger partial charge in [-0.25, -0.2) is 0 Å². The summed E-state index contributed by atoms with van der Waals surface area (Å²) in [6.45, 7) is 4.15.